The Bertz CT molecular complexity index is 559. The zero-order valence-electron chi connectivity index (χ0n) is 13.4. The Hall–Kier alpha value is -1.79. The van der Waals surface area contributed by atoms with Crippen LogP contribution >= 0.6 is 11.6 Å². The minimum Gasteiger partial charge on any atom is -0.453 e. The molecule has 2 rings (SSSR count). The fourth-order valence-electron chi connectivity index (χ4n) is 2.59. The van der Waals surface area contributed by atoms with Gasteiger partial charge in [0.25, 0.3) is 0 Å². The van der Waals surface area contributed by atoms with Crippen molar-refractivity contribution in [1.82, 2.24) is 15.1 Å². The van der Waals surface area contributed by atoms with Crippen molar-refractivity contribution in [2.45, 2.75) is 19.5 Å². The molecular weight excluding hydrogens is 318 g/mol. The molecule has 1 aromatic carbocycles. The smallest absolute Gasteiger partial charge is 0.407 e. The highest BCUT2D eigenvalue weighted by Gasteiger charge is 2.25. The zero-order valence-corrected chi connectivity index (χ0v) is 14.2. The van der Waals surface area contributed by atoms with Crippen LogP contribution in [0.15, 0.2) is 24.3 Å². The van der Waals surface area contributed by atoms with Gasteiger partial charge in [0.2, 0.25) is 5.91 Å². The van der Waals surface area contributed by atoms with Crippen LogP contribution in [0.4, 0.5) is 4.79 Å². The minimum atomic E-state index is -0.592. The molecule has 0 aliphatic carbocycles. The number of halogens is 1. The number of carbonyl (C=O) groups is 2. The summed E-state index contributed by atoms with van der Waals surface area (Å²) in [6.07, 6.45) is -0.592. The number of carbonyl (C=O) groups excluding carboxylic acids is 2. The molecule has 1 aromatic rings. The molecular formula is C16H22ClN3O3. The van der Waals surface area contributed by atoms with Crippen LogP contribution in [-0.4, -0.2) is 61.1 Å². The molecule has 0 spiro atoms. The molecule has 2 amide bonds. The van der Waals surface area contributed by atoms with Crippen molar-refractivity contribution < 1.29 is 14.3 Å². The van der Waals surface area contributed by atoms with Gasteiger partial charge in [0, 0.05) is 37.7 Å². The fourth-order valence-corrected chi connectivity index (χ4v) is 2.80. The Kier molecular flexibility index (Phi) is 6.24. The Morgan fingerprint density at radius 2 is 2.00 bits per heavy atom. The first-order chi connectivity index (χ1) is 11.0. The summed E-state index contributed by atoms with van der Waals surface area (Å²) in [6.45, 7) is 5.36. The van der Waals surface area contributed by atoms with E-state index in [0.29, 0.717) is 13.1 Å². The second kappa shape index (κ2) is 8.17. The molecule has 1 aliphatic rings. The lowest BCUT2D eigenvalue weighted by molar-refractivity contribution is -0.134. The van der Waals surface area contributed by atoms with Crippen LogP contribution in [0, 0.1) is 0 Å². The summed E-state index contributed by atoms with van der Waals surface area (Å²) < 4.78 is 4.51. The third-order valence-corrected chi connectivity index (χ3v) is 4.10. The highest BCUT2D eigenvalue weighted by atomic mass is 35.5. The third-order valence-electron chi connectivity index (χ3n) is 3.87. The monoisotopic (exact) mass is 339 g/mol. The molecule has 0 bridgehead atoms. The second-order valence-corrected chi connectivity index (χ2v) is 6.03. The van der Waals surface area contributed by atoms with E-state index in [9.17, 15) is 9.59 Å². The molecule has 0 aromatic heterocycles. The lowest BCUT2D eigenvalue weighted by Gasteiger charge is -2.36. The van der Waals surface area contributed by atoms with Gasteiger partial charge in [0.1, 0.15) is 6.04 Å². The van der Waals surface area contributed by atoms with E-state index in [2.05, 4.69) is 15.0 Å². The third kappa shape index (κ3) is 5.11. The van der Waals surface area contributed by atoms with Gasteiger partial charge in [-0.3, -0.25) is 9.69 Å². The number of amides is 2. The van der Waals surface area contributed by atoms with Crippen LogP contribution in [0.25, 0.3) is 0 Å². The number of nitrogens with one attached hydrogen (secondary N) is 1. The van der Waals surface area contributed by atoms with E-state index < -0.39 is 12.1 Å². The van der Waals surface area contributed by atoms with E-state index in [0.717, 1.165) is 30.2 Å². The van der Waals surface area contributed by atoms with Gasteiger partial charge < -0.3 is 15.0 Å². The summed E-state index contributed by atoms with van der Waals surface area (Å²) in [5.41, 5.74) is 1.16. The van der Waals surface area contributed by atoms with Gasteiger partial charge in [-0.25, -0.2) is 4.79 Å². The first-order valence-corrected chi connectivity index (χ1v) is 7.97. The SMILES string of the molecule is COC(=O)NC(C)C(=O)N1CCN(Cc2cccc(Cl)c2)CC1. The van der Waals surface area contributed by atoms with Crippen molar-refractivity contribution >= 4 is 23.6 Å². The summed E-state index contributed by atoms with van der Waals surface area (Å²) in [7, 11) is 1.28. The lowest BCUT2D eigenvalue weighted by Crippen LogP contribution is -2.53. The highest BCUT2D eigenvalue weighted by molar-refractivity contribution is 6.30. The average Bonchev–Trinajstić information content (AvgIpc) is 2.54. The van der Waals surface area contributed by atoms with E-state index in [-0.39, 0.29) is 5.91 Å². The normalized spacial score (nSPS) is 16.7. The molecule has 7 heteroatoms. The summed E-state index contributed by atoms with van der Waals surface area (Å²) in [5, 5.41) is 3.24. The molecule has 1 aliphatic heterocycles. The molecule has 1 N–H and O–H groups in total. The number of hydrogen-bond donors (Lipinski definition) is 1. The van der Waals surface area contributed by atoms with E-state index in [4.69, 9.17) is 11.6 Å². The van der Waals surface area contributed by atoms with Crippen molar-refractivity contribution in [1.29, 1.82) is 0 Å². The fraction of sp³-hybridized carbons (Fsp3) is 0.500. The molecule has 1 heterocycles. The highest BCUT2D eigenvalue weighted by Crippen LogP contribution is 2.14. The molecule has 1 saturated heterocycles. The maximum atomic E-state index is 12.3. The molecule has 1 fully saturated rings. The zero-order chi connectivity index (χ0) is 16.8. The van der Waals surface area contributed by atoms with E-state index in [1.165, 1.54) is 7.11 Å². The number of nitrogens with zero attached hydrogens (tertiary/aromatic N) is 2. The maximum Gasteiger partial charge on any atom is 0.407 e. The van der Waals surface area contributed by atoms with Crippen LogP contribution < -0.4 is 5.32 Å². The van der Waals surface area contributed by atoms with Crippen LogP contribution in [0.2, 0.25) is 5.02 Å². The number of benzene rings is 1. The van der Waals surface area contributed by atoms with Gasteiger partial charge in [0.15, 0.2) is 0 Å². The number of methoxy groups -OCH3 is 1. The van der Waals surface area contributed by atoms with Crippen molar-refractivity contribution in [3.05, 3.63) is 34.9 Å². The van der Waals surface area contributed by atoms with Crippen molar-refractivity contribution in [3.8, 4) is 0 Å². The largest absolute Gasteiger partial charge is 0.453 e. The van der Waals surface area contributed by atoms with Crippen LogP contribution in [0.5, 0.6) is 0 Å². The lowest BCUT2D eigenvalue weighted by atomic mass is 10.2. The number of alkyl carbamates (subject to hydrolysis) is 1. The van der Waals surface area contributed by atoms with Gasteiger partial charge in [-0.15, -0.1) is 0 Å². The summed E-state index contributed by atoms with van der Waals surface area (Å²) in [5.74, 6) is -0.0854. The summed E-state index contributed by atoms with van der Waals surface area (Å²) in [6, 6.07) is 7.23. The van der Waals surface area contributed by atoms with Crippen LogP contribution in [-0.2, 0) is 16.1 Å². The van der Waals surface area contributed by atoms with Gasteiger partial charge in [-0.2, -0.15) is 0 Å². The maximum absolute atomic E-state index is 12.3. The average molecular weight is 340 g/mol. The van der Waals surface area contributed by atoms with E-state index in [1.807, 2.05) is 24.3 Å². The molecule has 0 radical (unpaired) electrons. The predicted molar refractivity (Wildman–Crippen MR) is 88.3 cm³/mol. The van der Waals surface area contributed by atoms with Gasteiger partial charge in [-0.05, 0) is 24.6 Å². The first-order valence-electron chi connectivity index (χ1n) is 7.59. The summed E-state index contributed by atoms with van der Waals surface area (Å²) >= 11 is 6.00. The van der Waals surface area contributed by atoms with Gasteiger partial charge in [-0.1, -0.05) is 23.7 Å². The predicted octanol–water partition coefficient (Wildman–Crippen LogP) is 1.73. The number of rotatable bonds is 4. The minimum absolute atomic E-state index is 0.0854. The Balaban J connectivity index is 1.81. The number of ether oxygens (including phenoxy) is 1. The Labute approximate surface area is 141 Å². The van der Waals surface area contributed by atoms with Gasteiger partial charge in [0.05, 0.1) is 7.11 Å². The molecule has 0 saturated carbocycles. The standard InChI is InChI=1S/C16H22ClN3O3/c1-12(18-16(22)23-2)15(21)20-8-6-19(7-9-20)11-13-4-3-5-14(17)10-13/h3-5,10,12H,6-9,11H2,1-2H3,(H,18,22). The first kappa shape index (κ1) is 17.6. The molecule has 1 atom stereocenters. The number of piperazine rings is 1. The van der Waals surface area contributed by atoms with Crippen LogP contribution in [0.1, 0.15) is 12.5 Å². The number of hydrogen-bond acceptors (Lipinski definition) is 4. The van der Waals surface area contributed by atoms with Gasteiger partial charge >= 0.3 is 6.09 Å². The van der Waals surface area contributed by atoms with Crippen molar-refractivity contribution in [2.24, 2.45) is 0 Å². The summed E-state index contributed by atoms with van der Waals surface area (Å²) in [4.78, 5) is 27.5. The van der Waals surface area contributed by atoms with Crippen molar-refractivity contribution in [3.63, 3.8) is 0 Å². The Morgan fingerprint density at radius 3 is 2.61 bits per heavy atom. The topological polar surface area (TPSA) is 61.9 Å². The van der Waals surface area contributed by atoms with Crippen molar-refractivity contribution in [2.75, 3.05) is 33.3 Å². The molecule has 126 valence electrons. The molecule has 1 unspecified atom stereocenters. The van der Waals surface area contributed by atoms with E-state index in [1.54, 1.807) is 11.8 Å². The molecule has 23 heavy (non-hydrogen) atoms. The molecule has 6 nitrogen and oxygen atoms in total. The second-order valence-electron chi connectivity index (χ2n) is 5.59. The van der Waals surface area contributed by atoms with E-state index >= 15 is 0 Å². The van der Waals surface area contributed by atoms with Crippen LogP contribution in [0.3, 0.4) is 0 Å². The Morgan fingerprint density at radius 1 is 1.30 bits per heavy atom. The quantitative estimate of drug-likeness (QED) is 0.907.